The molecule has 1 N–H and O–H groups in total. The average molecular weight is 283 g/mol. The molecule has 0 saturated heterocycles. The van der Waals surface area contributed by atoms with Crippen LogP contribution in [-0.2, 0) is 6.54 Å². The Balaban J connectivity index is 2.19. The number of carbonyl (C=O) groups excluding carboxylic acids is 1. The van der Waals surface area contributed by atoms with E-state index >= 15 is 0 Å². The van der Waals surface area contributed by atoms with Gasteiger partial charge in [0.1, 0.15) is 10.6 Å². The highest BCUT2D eigenvalue weighted by Gasteiger charge is 2.23. The van der Waals surface area contributed by atoms with Crippen molar-refractivity contribution in [2.24, 2.45) is 0 Å². The van der Waals surface area contributed by atoms with E-state index in [9.17, 15) is 14.9 Å². The van der Waals surface area contributed by atoms with Gasteiger partial charge in [-0.25, -0.2) is 0 Å². The van der Waals surface area contributed by atoms with Gasteiger partial charge in [0.25, 0.3) is 5.91 Å². The number of nitro benzene ring substituents is 1. The lowest BCUT2D eigenvalue weighted by molar-refractivity contribution is -0.385. The van der Waals surface area contributed by atoms with Crippen LogP contribution in [0.25, 0.3) is 0 Å². The third-order valence-corrected chi connectivity index (χ3v) is 2.53. The number of benzene rings is 1. The molecular weight excluding hydrogens is 276 g/mol. The molecule has 0 bridgehead atoms. The highest BCUT2D eigenvalue weighted by atomic mass is 35.5. The number of aromatic nitrogens is 2. The first kappa shape index (κ1) is 13.0. The van der Waals surface area contributed by atoms with E-state index in [1.165, 1.54) is 18.2 Å². The summed E-state index contributed by atoms with van der Waals surface area (Å²) in [4.78, 5) is 25.7. The van der Waals surface area contributed by atoms with Gasteiger partial charge in [-0.3, -0.25) is 14.9 Å². The number of hydrogen-bond donors (Lipinski definition) is 1. The van der Waals surface area contributed by atoms with Crippen LogP contribution in [0.1, 0.15) is 16.2 Å². The molecule has 0 aliphatic carbocycles. The molecule has 0 spiro atoms. The Labute approximate surface area is 111 Å². The molecule has 0 fully saturated rings. The van der Waals surface area contributed by atoms with Crippen molar-refractivity contribution >= 4 is 23.2 Å². The van der Waals surface area contributed by atoms with Crippen LogP contribution < -0.4 is 5.32 Å². The molecule has 2 aromatic rings. The monoisotopic (exact) mass is 282 g/mol. The zero-order valence-corrected chi connectivity index (χ0v) is 10.1. The highest BCUT2D eigenvalue weighted by molar-refractivity contribution is 6.33. The number of nitrogens with zero attached hydrogens (tertiary/aromatic N) is 3. The molecule has 1 amide bonds. The number of nitrogens with one attached hydrogen (secondary N) is 1. The number of nitro groups is 1. The summed E-state index contributed by atoms with van der Waals surface area (Å²) in [5.74, 6) is -0.378. The van der Waals surface area contributed by atoms with Crippen LogP contribution in [0.3, 0.4) is 0 Å². The van der Waals surface area contributed by atoms with Crippen LogP contribution in [0, 0.1) is 10.1 Å². The minimum Gasteiger partial charge on any atom is -0.344 e. The SMILES string of the molecule is O=C(NCc1ncon1)c1cccc(Cl)c1[N+](=O)[O-]. The highest BCUT2D eigenvalue weighted by Crippen LogP contribution is 2.27. The number of rotatable bonds is 4. The van der Waals surface area contributed by atoms with Crippen LogP contribution in [0.2, 0.25) is 5.02 Å². The molecule has 0 atom stereocenters. The number of para-hydroxylation sites is 1. The summed E-state index contributed by atoms with van der Waals surface area (Å²) in [5.41, 5.74) is -0.559. The zero-order chi connectivity index (χ0) is 13.8. The number of hydrogen-bond acceptors (Lipinski definition) is 6. The van der Waals surface area contributed by atoms with E-state index in [1.807, 2.05) is 0 Å². The standard InChI is InChI=1S/C10H7ClN4O4/c11-7-3-1-2-6(9(7)15(17)18)10(16)12-4-8-13-5-19-14-8/h1-3,5H,4H2,(H,12,16). The van der Waals surface area contributed by atoms with Gasteiger partial charge in [0, 0.05) is 0 Å². The van der Waals surface area contributed by atoms with E-state index in [1.54, 1.807) is 0 Å². The zero-order valence-electron chi connectivity index (χ0n) is 9.37. The van der Waals surface area contributed by atoms with Crippen molar-refractivity contribution < 1.29 is 14.2 Å². The van der Waals surface area contributed by atoms with Gasteiger partial charge in [0.05, 0.1) is 11.5 Å². The first-order chi connectivity index (χ1) is 9.09. The second kappa shape index (κ2) is 5.44. The molecule has 2 rings (SSSR count). The third kappa shape index (κ3) is 2.86. The van der Waals surface area contributed by atoms with Crippen molar-refractivity contribution in [1.82, 2.24) is 15.5 Å². The van der Waals surface area contributed by atoms with E-state index in [0.717, 1.165) is 6.39 Å². The molecule has 98 valence electrons. The van der Waals surface area contributed by atoms with Crippen LogP contribution in [0.4, 0.5) is 5.69 Å². The second-order valence-corrected chi connectivity index (χ2v) is 3.83. The Kier molecular flexibility index (Phi) is 3.71. The molecule has 0 radical (unpaired) electrons. The van der Waals surface area contributed by atoms with Crippen molar-refractivity contribution in [2.75, 3.05) is 0 Å². The summed E-state index contributed by atoms with van der Waals surface area (Å²) in [6.45, 7) is -0.000991. The van der Waals surface area contributed by atoms with Gasteiger partial charge in [-0.05, 0) is 12.1 Å². The minimum absolute atomic E-state index is 0.000991. The Bertz CT molecular complexity index is 614. The summed E-state index contributed by atoms with van der Waals surface area (Å²) in [6, 6.07) is 4.11. The van der Waals surface area contributed by atoms with Crippen molar-refractivity contribution in [2.45, 2.75) is 6.54 Å². The molecule has 1 heterocycles. The minimum atomic E-state index is -0.703. The Morgan fingerprint density at radius 3 is 2.95 bits per heavy atom. The van der Waals surface area contributed by atoms with Crippen molar-refractivity contribution in [1.29, 1.82) is 0 Å². The van der Waals surface area contributed by atoms with E-state index in [4.69, 9.17) is 11.6 Å². The van der Waals surface area contributed by atoms with Crippen LogP contribution in [0.15, 0.2) is 29.1 Å². The molecule has 1 aromatic carbocycles. The van der Waals surface area contributed by atoms with Crippen molar-refractivity contribution in [3.8, 4) is 0 Å². The first-order valence-corrected chi connectivity index (χ1v) is 5.43. The van der Waals surface area contributed by atoms with E-state index in [-0.39, 0.29) is 23.0 Å². The van der Waals surface area contributed by atoms with E-state index < -0.39 is 16.5 Å². The van der Waals surface area contributed by atoms with Crippen LogP contribution in [-0.4, -0.2) is 21.0 Å². The Hall–Kier alpha value is -2.48. The van der Waals surface area contributed by atoms with Gasteiger partial charge in [-0.2, -0.15) is 4.98 Å². The molecule has 8 nitrogen and oxygen atoms in total. The predicted molar refractivity (Wildman–Crippen MR) is 63.6 cm³/mol. The summed E-state index contributed by atoms with van der Waals surface area (Å²) < 4.78 is 4.49. The first-order valence-electron chi connectivity index (χ1n) is 5.06. The van der Waals surface area contributed by atoms with Gasteiger partial charge in [-0.1, -0.05) is 22.8 Å². The predicted octanol–water partition coefficient (Wildman–Crippen LogP) is 1.56. The lowest BCUT2D eigenvalue weighted by Crippen LogP contribution is -2.24. The fraction of sp³-hybridized carbons (Fsp3) is 0.100. The molecule has 0 saturated carbocycles. The lowest BCUT2D eigenvalue weighted by atomic mass is 10.1. The fourth-order valence-corrected chi connectivity index (χ4v) is 1.65. The molecule has 0 aliphatic rings. The molecule has 19 heavy (non-hydrogen) atoms. The smallest absolute Gasteiger partial charge is 0.300 e. The third-order valence-electron chi connectivity index (χ3n) is 2.23. The van der Waals surface area contributed by atoms with Crippen molar-refractivity contribution in [3.05, 3.63) is 51.1 Å². The summed E-state index contributed by atoms with van der Waals surface area (Å²) in [6.07, 6.45) is 1.11. The van der Waals surface area contributed by atoms with Crippen LogP contribution >= 0.6 is 11.6 Å². The quantitative estimate of drug-likeness (QED) is 0.673. The normalized spacial score (nSPS) is 10.2. The lowest BCUT2D eigenvalue weighted by Gasteiger charge is -2.04. The molecule has 1 aromatic heterocycles. The topological polar surface area (TPSA) is 111 Å². The number of amides is 1. The van der Waals surface area contributed by atoms with Gasteiger partial charge < -0.3 is 9.84 Å². The molecule has 0 aliphatic heterocycles. The summed E-state index contributed by atoms with van der Waals surface area (Å²) in [7, 11) is 0. The van der Waals surface area contributed by atoms with E-state index in [0.29, 0.717) is 0 Å². The Morgan fingerprint density at radius 2 is 2.32 bits per heavy atom. The van der Waals surface area contributed by atoms with Gasteiger partial charge in [0.2, 0.25) is 6.39 Å². The Morgan fingerprint density at radius 1 is 1.53 bits per heavy atom. The van der Waals surface area contributed by atoms with Crippen molar-refractivity contribution in [3.63, 3.8) is 0 Å². The second-order valence-electron chi connectivity index (χ2n) is 3.42. The molecule has 0 unspecified atom stereocenters. The molecule has 9 heteroatoms. The maximum Gasteiger partial charge on any atom is 0.300 e. The largest absolute Gasteiger partial charge is 0.344 e. The van der Waals surface area contributed by atoms with Gasteiger partial charge in [0.15, 0.2) is 5.82 Å². The number of carbonyl (C=O) groups is 1. The summed E-state index contributed by atoms with van der Waals surface area (Å²) in [5, 5.41) is 16.7. The number of halogens is 1. The average Bonchev–Trinajstić information content (AvgIpc) is 2.88. The summed E-state index contributed by atoms with van der Waals surface area (Å²) >= 11 is 5.71. The van der Waals surface area contributed by atoms with E-state index in [2.05, 4.69) is 20.0 Å². The fourth-order valence-electron chi connectivity index (χ4n) is 1.41. The maximum absolute atomic E-state index is 11.9. The molecular formula is C10H7ClN4O4. The van der Waals surface area contributed by atoms with Gasteiger partial charge >= 0.3 is 5.69 Å². The van der Waals surface area contributed by atoms with Crippen LogP contribution in [0.5, 0.6) is 0 Å². The van der Waals surface area contributed by atoms with Gasteiger partial charge in [-0.15, -0.1) is 0 Å². The maximum atomic E-state index is 11.9.